The topological polar surface area (TPSA) is 42.0 Å². The van der Waals surface area contributed by atoms with Gasteiger partial charge < -0.3 is 5.32 Å². The van der Waals surface area contributed by atoms with Gasteiger partial charge in [0.2, 0.25) is 0 Å². The third kappa shape index (κ3) is 3.55. The molecule has 0 saturated heterocycles. The third-order valence-corrected chi connectivity index (χ3v) is 5.35. The number of fused-ring (bicyclic) bond motifs is 1. The van der Waals surface area contributed by atoms with Gasteiger partial charge in [0.05, 0.1) is 11.4 Å². The Morgan fingerprint density at radius 2 is 1.96 bits per heavy atom. The molecule has 1 aromatic heterocycles. The highest BCUT2D eigenvalue weighted by atomic mass is 32.1. The van der Waals surface area contributed by atoms with Gasteiger partial charge in [0.15, 0.2) is 0 Å². The van der Waals surface area contributed by atoms with E-state index in [0.717, 1.165) is 38.7 Å². The van der Waals surface area contributed by atoms with Crippen molar-refractivity contribution in [3.63, 3.8) is 0 Å². The number of rotatable bonds is 3. The number of benzene rings is 2. The highest BCUT2D eigenvalue weighted by Gasteiger charge is 2.24. The van der Waals surface area contributed by atoms with E-state index in [0.29, 0.717) is 12.3 Å². The Labute approximate surface area is 161 Å². The number of allylic oxidation sites excluding steroid dienone is 1. The van der Waals surface area contributed by atoms with Crippen molar-refractivity contribution < 1.29 is 9.18 Å². The molecule has 0 spiro atoms. The molecule has 4 rings (SSSR count). The zero-order chi connectivity index (χ0) is 19.0. The Morgan fingerprint density at radius 1 is 1.19 bits per heavy atom. The second kappa shape index (κ2) is 7.08. The van der Waals surface area contributed by atoms with Gasteiger partial charge in [0, 0.05) is 28.5 Å². The predicted octanol–water partition coefficient (Wildman–Crippen LogP) is 5.69. The van der Waals surface area contributed by atoms with E-state index in [9.17, 15) is 9.18 Å². The van der Waals surface area contributed by atoms with Crippen LogP contribution in [0.2, 0.25) is 0 Å². The van der Waals surface area contributed by atoms with Crippen molar-refractivity contribution in [3.8, 4) is 21.8 Å². The summed E-state index contributed by atoms with van der Waals surface area (Å²) in [5.74, 6) is 0.0194. The Bertz CT molecular complexity index is 1030. The fourth-order valence-electron chi connectivity index (χ4n) is 3.24. The van der Waals surface area contributed by atoms with Crippen molar-refractivity contribution in [1.82, 2.24) is 4.98 Å². The summed E-state index contributed by atoms with van der Waals surface area (Å²) in [6, 6.07) is 12.3. The largest absolute Gasteiger partial charge is 0.321 e. The first kappa shape index (κ1) is 17.6. The minimum atomic E-state index is -0.265. The maximum Gasteiger partial charge on any atom is 0.251 e. The minimum absolute atomic E-state index is 0.0426. The number of aromatic nitrogens is 1. The van der Waals surface area contributed by atoms with Gasteiger partial charge in [-0.25, -0.2) is 9.37 Å². The van der Waals surface area contributed by atoms with Crippen LogP contribution in [0.5, 0.6) is 0 Å². The number of nitrogens with one attached hydrogen (secondary N) is 1. The van der Waals surface area contributed by atoms with Gasteiger partial charge in [-0.1, -0.05) is 32.1 Å². The molecule has 1 amide bonds. The van der Waals surface area contributed by atoms with Crippen LogP contribution in [0.3, 0.4) is 0 Å². The number of halogens is 1. The van der Waals surface area contributed by atoms with E-state index >= 15 is 0 Å². The fraction of sp³-hybridized carbons (Fsp3) is 0.182. The molecule has 1 aliphatic rings. The van der Waals surface area contributed by atoms with Crippen molar-refractivity contribution in [2.45, 2.75) is 20.3 Å². The number of hydrogen-bond donors (Lipinski definition) is 1. The quantitative estimate of drug-likeness (QED) is 0.595. The molecule has 0 atom stereocenters. The van der Waals surface area contributed by atoms with E-state index in [1.54, 1.807) is 12.1 Å². The highest BCUT2D eigenvalue weighted by Crippen LogP contribution is 2.38. The van der Waals surface area contributed by atoms with E-state index in [4.69, 9.17) is 4.98 Å². The lowest BCUT2D eigenvalue weighted by molar-refractivity contribution is -0.113. The lowest BCUT2D eigenvalue weighted by Gasteiger charge is -2.22. The fourth-order valence-corrected chi connectivity index (χ4v) is 4.10. The molecule has 5 heteroatoms. The summed E-state index contributed by atoms with van der Waals surface area (Å²) in [6.07, 6.45) is 2.64. The smallest absolute Gasteiger partial charge is 0.251 e. The number of anilines is 1. The van der Waals surface area contributed by atoms with Crippen LogP contribution in [0.4, 0.5) is 10.1 Å². The van der Waals surface area contributed by atoms with Gasteiger partial charge in [0.1, 0.15) is 10.8 Å². The van der Waals surface area contributed by atoms with Gasteiger partial charge >= 0.3 is 0 Å². The zero-order valence-corrected chi connectivity index (χ0v) is 15.9. The molecule has 1 aliphatic heterocycles. The average molecular weight is 378 g/mol. The molecular weight excluding hydrogens is 359 g/mol. The highest BCUT2D eigenvalue weighted by molar-refractivity contribution is 7.13. The second-order valence-electron chi connectivity index (χ2n) is 6.95. The Balaban J connectivity index is 1.71. The second-order valence-corrected chi connectivity index (χ2v) is 7.81. The van der Waals surface area contributed by atoms with Crippen molar-refractivity contribution in [2.24, 2.45) is 5.92 Å². The Hall–Kier alpha value is -2.79. The van der Waals surface area contributed by atoms with Crippen molar-refractivity contribution in [3.05, 3.63) is 70.9 Å². The third-order valence-electron chi connectivity index (χ3n) is 4.47. The molecule has 0 aliphatic carbocycles. The normalized spacial score (nSPS) is 15.1. The molecule has 0 bridgehead atoms. The van der Waals surface area contributed by atoms with E-state index < -0.39 is 0 Å². The van der Waals surface area contributed by atoms with Crippen molar-refractivity contribution in [1.29, 1.82) is 0 Å². The Morgan fingerprint density at radius 3 is 2.70 bits per heavy atom. The van der Waals surface area contributed by atoms with Gasteiger partial charge in [-0.05, 0) is 41.8 Å². The molecule has 0 unspecified atom stereocenters. The average Bonchev–Trinajstić information content (AvgIpc) is 3.12. The first-order chi connectivity index (χ1) is 13.0. The molecule has 2 heterocycles. The zero-order valence-electron chi connectivity index (χ0n) is 15.1. The molecule has 3 nitrogen and oxygen atoms in total. The molecule has 0 radical (unpaired) electrons. The number of hydrogen-bond acceptors (Lipinski definition) is 3. The number of para-hydroxylation sites is 1. The van der Waals surface area contributed by atoms with Gasteiger partial charge in [-0.15, -0.1) is 11.3 Å². The molecular formula is C22H19FN2OS. The lowest BCUT2D eigenvalue weighted by Crippen LogP contribution is -2.23. The Kier molecular flexibility index (Phi) is 4.62. The maximum absolute atomic E-state index is 13.1. The summed E-state index contributed by atoms with van der Waals surface area (Å²) < 4.78 is 13.1. The van der Waals surface area contributed by atoms with E-state index in [1.165, 1.54) is 23.5 Å². The standard InChI is InChI=1S/C22H19FN2OS/c1-13(2)10-16-11-15-4-3-5-18(20(15)25-21(16)26)22-24-19(12-27-22)14-6-8-17(23)9-7-14/h3-10,12-13H,11H2,1-2H3,(H,25,26)/b16-10-. The van der Waals surface area contributed by atoms with Gasteiger partial charge in [-0.3, -0.25) is 4.79 Å². The van der Waals surface area contributed by atoms with E-state index in [1.807, 2.05) is 29.7 Å². The van der Waals surface area contributed by atoms with E-state index in [-0.39, 0.29) is 11.7 Å². The van der Waals surface area contributed by atoms with Crippen LogP contribution in [-0.2, 0) is 11.2 Å². The lowest BCUT2D eigenvalue weighted by atomic mass is 9.94. The predicted molar refractivity (Wildman–Crippen MR) is 108 cm³/mol. The molecule has 1 N–H and O–H groups in total. The molecule has 136 valence electrons. The van der Waals surface area contributed by atoms with Crippen LogP contribution in [0.15, 0.2) is 59.5 Å². The first-order valence-electron chi connectivity index (χ1n) is 8.87. The maximum atomic E-state index is 13.1. The summed E-state index contributed by atoms with van der Waals surface area (Å²) in [6.45, 7) is 4.14. The van der Waals surface area contributed by atoms with Crippen LogP contribution in [0.1, 0.15) is 19.4 Å². The van der Waals surface area contributed by atoms with Crippen LogP contribution >= 0.6 is 11.3 Å². The number of nitrogens with zero attached hydrogens (tertiary/aromatic N) is 1. The summed E-state index contributed by atoms with van der Waals surface area (Å²) in [5.41, 5.74) is 5.33. The molecule has 2 aromatic carbocycles. The number of thiazole rings is 1. The minimum Gasteiger partial charge on any atom is -0.321 e. The van der Waals surface area contributed by atoms with Crippen LogP contribution in [-0.4, -0.2) is 10.9 Å². The molecule has 27 heavy (non-hydrogen) atoms. The summed E-state index contributed by atoms with van der Waals surface area (Å²) in [4.78, 5) is 17.2. The molecule has 0 fully saturated rings. The van der Waals surface area contributed by atoms with Crippen LogP contribution in [0.25, 0.3) is 21.8 Å². The monoisotopic (exact) mass is 378 g/mol. The summed E-state index contributed by atoms with van der Waals surface area (Å²) in [5, 5.41) is 5.84. The van der Waals surface area contributed by atoms with E-state index in [2.05, 4.69) is 19.2 Å². The first-order valence-corrected chi connectivity index (χ1v) is 9.75. The number of carbonyl (C=O) groups is 1. The van der Waals surface area contributed by atoms with Gasteiger partial charge in [0.25, 0.3) is 5.91 Å². The molecule has 3 aromatic rings. The van der Waals surface area contributed by atoms with Crippen LogP contribution in [0, 0.1) is 11.7 Å². The molecule has 0 saturated carbocycles. The van der Waals surface area contributed by atoms with Crippen molar-refractivity contribution in [2.75, 3.05) is 5.32 Å². The SMILES string of the molecule is CC(C)/C=C1/Cc2cccc(-c3nc(-c4ccc(F)cc4)cs3)c2NC1=O. The van der Waals surface area contributed by atoms with Crippen molar-refractivity contribution >= 4 is 22.9 Å². The summed E-state index contributed by atoms with van der Waals surface area (Å²) in [7, 11) is 0. The van der Waals surface area contributed by atoms with Gasteiger partial charge in [-0.2, -0.15) is 0 Å². The summed E-state index contributed by atoms with van der Waals surface area (Å²) >= 11 is 1.52. The van der Waals surface area contributed by atoms with Crippen LogP contribution < -0.4 is 5.32 Å². The number of amides is 1. The number of carbonyl (C=O) groups excluding carboxylic acids is 1.